The molecular weight excluding hydrogens is 240 g/mol. The van der Waals surface area contributed by atoms with Crippen molar-refractivity contribution in [3.05, 3.63) is 18.7 Å². The maximum Gasteiger partial charge on any atom is 0.216 e. The molecule has 1 heterocycles. The van der Waals surface area contributed by atoms with E-state index >= 15 is 0 Å². The standard InChI is InChI=1S/C10H20N4O2S/c1-3-10(6-11)17(15,16)13-9(2)7-14-5-4-12-8-14/h4-5,8-10,13H,3,6-7,11H2,1-2H3. The highest BCUT2D eigenvalue weighted by Gasteiger charge is 2.23. The van der Waals surface area contributed by atoms with Gasteiger partial charge in [0.05, 0.1) is 11.6 Å². The molecule has 98 valence electrons. The van der Waals surface area contributed by atoms with Crippen molar-refractivity contribution in [2.24, 2.45) is 5.73 Å². The second-order valence-electron chi connectivity index (χ2n) is 4.09. The van der Waals surface area contributed by atoms with Crippen molar-refractivity contribution < 1.29 is 8.42 Å². The van der Waals surface area contributed by atoms with Crippen molar-refractivity contribution in [1.82, 2.24) is 14.3 Å². The van der Waals surface area contributed by atoms with E-state index in [-0.39, 0.29) is 12.6 Å². The quantitative estimate of drug-likeness (QED) is 0.718. The van der Waals surface area contributed by atoms with E-state index in [2.05, 4.69) is 9.71 Å². The van der Waals surface area contributed by atoms with Crippen LogP contribution in [0.3, 0.4) is 0 Å². The summed E-state index contributed by atoms with van der Waals surface area (Å²) in [5.74, 6) is 0. The minimum atomic E-state index is -3.33. The van der Waals surface area contributed by atoms with E-state index in [4.69, 9.17) is 5.73 Å². The number of rotatable bonds is 7. The van der Waals surface area contributed by atoms with Gasteiger partial charge < -0.3 is 10.3 Å². The van der Waals surface area contributed by atoms with Crippen LogP contribution in [0.25, 0.3) is 0 Å². The van der Waals surface area contributed by atoms with Crippen LogP contribution < -0.4 is 10.5 Å². The lowest BCUT2D eigenvalue weighted by Crippen LogP contribution is -2.43. The predicted octanol–water partition coefficient (Wildman–Crippen LogP) is -0.0717. The third-order valence-corrected chi connectivity index (χ3v) is 4.70. The molecule has 7 heteroatoms. The highest BCUT2D eigenvalue weighted by molar-refractivity contribution is 7.90. The molecule has 0 saturated carbocycles. The number of nitrogens with two attached hydrogens (primary N) is 1. The van der Waals surface area contributed by atoms with Gasteiger partial charge in [-0.25, -0.2) is 18.1 Å². The van der Waals surface area contributed by atoms with Crippen LogP contribution in [0, 0.1) is 0 Å². The van der Waals surface area contributed by atoms with Crippen molar-refractivity contribution in [1.29, 1.82) is 0 Å². The molecule has 0 radical (unpaired) electrons. The predicted molar refractivity (Wildman–Crippen MR) is 66.9 cm³/mol. The first-order chi connectivity index (χ1) is 7.99. The van der Waals surface area contributed by atoms with E-state index in [9.17, 15) is 8.42 Å². The summed E-state index contributed by atoms with van der Waals surface area (Å²) < 4.78 is 28.3. The van der Waals surface area contributed by atoms with Crippen molar-refractivity contribution >= 4 is 10.0 Å². The van der Waals surface area contributed by atoms with Crippen molar-refractivity contribution in [2.45, 2.75) is 38.1 Å². The Morgan fingerprint density at radius 3 is 2.71 bits per heavy atom. The summed E-state index contributed by atoms with van der Waals surface area (Å²) in [5.41, 5.74) is 5.45. The molecule has 0 bridgehead atoms. The summed E-state index contributed by atoms with van der Waals surface area (Å²) in [6, 6.07) is -0.185. The Labute approximate surface area is 102 Å². The number of nitrogens with zero attached hydrogens (tertiary/aromatic N) is 2. The fraction of sp³-hybridized carbons (Fsp3) is 0.700. The zero-order valence-electron chi connectivity index (χ0n) is 10.2. The Balaban J connectivity index is 2.58. The fourth-order valence-electron chi connectivity index (χ4n) is 1.64. The molecule has 17 heavy (non-hydrogen) atoms. The van der Waals surface area contributed by atoms with E-state index in [1.165, 1.54) is 0 Å². The number of imidazole rings is 1. The highest BCUT2D eigenvalue weighted by atomic mass is 32.2. The Morgan fingerprint density at radius 2 is 2.24 bits per heavy atom. The van der Waals surface area contributed by atoms with E-state index in [0.717, 1.165) is 0 Å². The van der Waals surface area contributed by atoms with Crippen LogP contribution in [0.2, 0.25) is 0 Å². The van der Waals surface area contributed by atoms with Gasteiger partial charge in [0, 0.05) is 31.5 Å². The fourth-order valence-corrected chi connectivity index (χ4v) is 3.16. The van der Waals surface area contributed by atoms with E-state index < -0.39 is 15.3 Å². The van der Waals surface area contributed by atoms with Gasteiger partial charge >= 0.3 is 0 Å². The first-order valence-corrected chi connectivity index (χ1v) is 7.21. The normalized spacial score (nSPS) is 15.7. The van der Waals surface area contributed by atoms with Crippen molar-refractivity contribution in [2.75, 3.05) is 6.54 Å². The summed E-state index contributed by atoms with van der Waals surface area (Å²) in [4.78, 5) is 3.90. The molecule has 1 aromatic heterocycles. The summed E-state index contributed by atoms with van der Waals surface area (Å²) in [7, 11) is -3.33. The van der Waals surface area contributed by atoms with Crippen LogP contribution in [-0.2, 0) is 16.6 Å². The molecule has 0 fully saturated rings. The number of hydrogen-bond donors (Lipinski definition) is 2. The first kappa shape index (κ1) is 14.1. The number of sulfonamides is 1. The monoisotopic (exact) mass is 260 g/mol. The molecule has 0 aliphatic rings. The smallest absolute Gasteiger partial charge is 0.216 e. The Hall–Kier alpha value is -0.920. The van der Waals surface area contributed by atoms with Crippen LogP contribution in [0.5, 0.6) is 0 Å². The third-order valence-electron chi connectivity index (χ3n) is 2.57. The Morgan fingerprint density at radius 1 is 1.53 bits per heavy atom. The largest absolute Gasteiger partial charge is 0.336 e. The van der Waals surface area contributed by atoms with Crippen LogP contribution in [0.15, 0.2) is 18.7 Å². The Bertz CT molecular complexity index is 412. The average molecular weight is 260 g/mol. The molecule has 0 spiro atoms. The van der Waals surface area contributed by atoms with Crippen LogP contribution >= 0.6 is 0 Å². The maximum atomic E-state index is 11.9. The molecule has 2 unspecified atom stereocenters. The van der Waals surface area contributed by atoms with Crippen LogP contribution in [0.4, 0.5) is 0 Å². The molecule has 0 aliphatic heterocycles. The van der Waals surface area contributed by atoms with E-state index in [1.54, 1.807) is 18.7 Å². The lowest BCUT2D eigenvalue weighted by Gasteiger charge is -2.19. The molecule has 0 saturated heterocycles. The van der Waals surface area contributed by atoms with Crippen molar-refractivity contribution in [3.8, 4) is 0 Å². The molecule has 1 rings (SSSR count). The van der Waals surface area contributed by atoms with Gasteiger partial charge in [-0.3, -0.25) is 0 Å². The van der Waals surface area contributed by atoms with Gasteiger partial charge in [-0.05, 0) is 13.3 Å². The molecule has 6 nitrogen and oxygen atoms in total. The highest BCUT2D eigenvalue weighted by Crippen LogP contribution is 2.04. The molecule has 1 aromatic rings. The SMILES string of the molecule is CCC(CN)S(=O)(=O)NC(C)Cn1ccnc1. The molecular formula is C10H20N4O2S. The van der Waals surface area contributed by atoms with Crippen molar-refractivity contribution in [3.63, 3.8) is 0 Å². The molecule has 0 amide bonds. The van der Waals surface area contributed by atoms with Gasteiger partial charge in [-0.15, -0.1) is 0 Å². The summed E-state index contributed by atoms with van der Waals surface area (Å²) in [6.07, 6.45) is 5.63. The lowest BCUT2D eigenvalue weighted by atomic mass is 10.3. The van der Waals surface area contributed by atoms with Gasteiger partial charge in [-0.1, -0.05) is 6.92 Å². The van der Waals surface area contributed by atoms with E-state index in [0.29, 0.717) is 13.0 Å². The van der Waals surface area contributed by atoms with Gasteiger partial charge in [-0.2, -0.15) is 0 Å². The molecule has 3 N–H and O–H groups in total. The second kappa shape index (κ2) is 6.13. The molecule has 0 aromatic carbocycles. The summed E-state index contributed by atoms with van der Waals surface area (Å²) >= 11 is 0. The van der Waals surface area contributed by atoms with Gasteiger partial charge in [0.25, 0.3) is 0 Å². The van der Waals surface area contributed by atoms with Gasteiger partial charge in [0.1, 0.15) is 0 Å². The molecule has 2 atom stereocenters. The minimum absolute atomic E-state index is 0.142. The zero-order chi connectivity index (χ0) is 12.9. The second-order valence-corrected chi connectivity index (χ2v) is 6.08. The van der Waals surface area contributed by atoms with Crippen LogP contribution in [-0.4, -0.2) is 35.8 Å². The number of nitrogens with one attached hydrogen (secondary N) is 1. The Kier molecular flexibility index (Phi) is 5.10. The number of hydrogen-bond acceptors (Lipinski definition) is 4. The van der Waals surface area contributed by atoms with Crippen LogP contribution in [0.1, 0.15) is 20.3 Å². The molecule has 0 aliphatic carbocycles. The zero-order valence-corrected chi connectivity index (χ0v) is 11.0. The summed E-state index contributed by atoms with van der Waals surface area (Å²) in [5, 5.41) is -0.521. The minimum Gasteiger partial charge on any atom is -0.336 e. The van der Waals surface area contributed by atoms with Gasteiger partial charge in [0.2, 0.25) is 10.0 Å². The van der Waals surface area contributed by atoms with Gasteiger partial charge in [0.15, 0.2) is 0 Å². The summed E-state index contributed by atoms with van der Waals surface area (Å²) in [6.45, 7) is 4.34. The average Bonchev–Trinajstić information content (AvgIpc) is 2.70. The topological polar surface area (TPSA) is 90.0 Å². The number of aromatic nitrogens is 2. The lowest BCUT2D eigenvalue weighted by molar-refractivity contribution is 0.510. The third kappa shape index (κ3) is 4.10. The first-order valence-electron chi connectivity index (χ1n) is 5.66. The van der Waals surface area contributed by atoms with E-state index in [1.807, 2.05) is 18.4 Å². The maximum absolute atomic E-state index is 11.9.